The maximum atomic E-state index is 13.3. The van der Waals surface area contributed by atoms with Gasteiger partial charge >= 0.3 is 0 Å². The normalized spacial score (nSPS) is 18.8. The van der Waals surface area contributed by atoms with Crippen LogP contribution in [0.15, 0.2) is 53.4 Å². The van der Waals surface area contributed by atoms with Crippen LogP contribution in [0, 0.1) is 0 Å². The first kappa shape index (κ1) is 21.3. The molecule has 2 atom stereocenters. The summed E-state index contributed by atoms with van der Waals surface area (Å²) in [7, 11) is -2.33. The molecule has 2 aromatic rings. The van der Waals surface area contributed by atoms with Gasteiger partial charge in [0.15, 0.2) is 0 Å². The minimum absolute atomic E-state index is 0.0359. The summed E-state index contributed by atoms with van der Waals surface area (Å²) >= 11 is 0. The number of nitrogens with one attached hydrogen (secondary N) is 1. The molecule has 1 fully saturated rings. The first-order chi connectivity index (χ1) is 13.8. The predicted molar refractivity (Wildman–Crippen MR) is 113 cm³/mol. The Labute approximate surface area is 172 Å². The summed E-state index contributed by atoms with van der Waals surface area (Å²) in [6.45, 7) is 4.29. The van der Waals surface area contributed by atoms with Gasteiger partial charge in [-0.1, -0.05) is 36.8 Å². The number of piperidine rings is 1. The van der Waals surface area contributed by atoms with E-state index in [2.05, 4.69) is 5.32 Å². The molecule has 1 heterocycles. The average molecular weight is 417 g/mol. The molecule has 0 spiro atoms. The first-order valence-electron chi connectivity index (χ1n) is 9.90. The van der Waals surface area contributed by atoms with Crippen LogP contribution < -0.4 is 10.1 Å². The fourth-order valence-corrected chi connectivity index (χ4v) is 5.56. The van der Waals surface area contributed by atoms with E-state index in [9.17, 15) is 13.2 Å². The maximum Gasteiger partial charge on any atom is 0.251 e. The third-order valence-electron chi connectivity index (χ3n) is 5.40. The highest BCUT2D eigenvalue weighted by Gasteiger charge is 2.33. The van der Waals surface area contributed by atoms with Gasteiger partial charge in [0, 0.05) is 18.2 Å². The van der Waals surface area contributed by atoms with Gasteiger partial charge in [0.1, 0.15) is 10.6 Å². The number of hydrogen-bond acceptors (Lipinski definition) is 4. The zero-order valence-corrected chi connectivity index (χ0v) is 17.9. The smallest absolute Gasteiger partial charge is 0.251 e. The molecule has 1 aliphatic rings. The highest BCUT2D eigenvalue weighted by molar-refractivity contribution is 7.89. The Hall–Kier alpha value is -2.38. The molecule has 6 nitrogen and oxygen atoms in total. The van der Waals surface area contributed by atoms with Crippen molar-refractivity contribution >= 4 is 15.9 Å². The lowest BCUT2D eigenvalue weighted by Crippen LogP contribution is -2.42. The van der Waals surface area contributed by atoms with Crippen LogP contribution in [0.25, 0.3) is 0 Å². The minimum atomic E-state index is -3.76. The van der Waals surface area contributed by atoms with Gasteiger partial charge in [-0.3, -0.25) is 4.79 Å². The van der Waals surface area contributed by atoms with Crippen molar-refractivity contribution in [3.63, 3.8) is 0 Å². The summed E-state index contributed by atoms with van der Waals surface area (Å²) in [5.74, 6) is -0.0809. The molecule has 1 N–H and O–H groups in total. The van der Waals surface area contributed by atoms with Crippen molar-refractivity contribution in [3.8, 4) is 5.75 Å². The minimum Gasteiger partial charge on any atom is -0.495 e. The van der Waals surface area contributed by atoms with Crippen molar-refractivity contribution in [2.75, 3.05) is 13.7 Å². The monoisotopic (exact) mass is 416 g/mol. The van der Waals surface area contributed by atoms with E-state index in [1.54, 1.807) is 12.1 Å². The molecule has 3 rings (SSSR count). The third-order valence-corrected chi connectivity index (χ3v) is 7.44. The van der Waals surface area contributed by atoms with E-state index in [4.69, 9.17) is 4.74 Å². The van der Waals surface area contributed by atoms with Crippen LogP contribution in [0.4, 0.5) is 0 Å². The predicted octanol–water partition coefficient (Wildman–Crippen LogP) is 3.75. The number of benzene rings is 2. The van der Waals surface area contributed by atoms with Crippen molar-refractivity contribution in [1.82, 2.24) is 9.62 Å². The van der Waals surface area contributed by atoms with Crippen LogP contribution >= 0.6 is 0 Å². The topological polar surface area (TPSA) is 75.7 Å². The number of nitrogens with zero attached hydrogens (tertiary/aromatic N) is 1. The van der Waals surface area contributed by atoms with Gasteiger partial charge in [-0.2, -0.15) is 4.31 Å². The molecule has 7 heteroatoms. The Bertz CT molecular complexity index is 960. The van der Waals surface area contributed by atoms with Crippen LogP contribution in [-0.2, 0) is 10.0 Å². The van der Waals surface area contributed by atoms with E-state index in [-0.39, 0.29) is 34.2 Å². The van der Waals surface area contributed by atoms with Crippen LogP contribution in [0.5, 0.6) is 5.75 Å². The fourth-order valence-electron chi connectivity index (χ4n) is 3.68. The molecule has 0 bridgehead atoms. The zero-order valence-electron chi connectivity index (χ0n) is 17.1. The molecule has 1 amide bonds. The maximum absolute atomic E-state index is 13.3. The van der Waals surface area contributed by atoms with Gasteiger partial charge in [-0.25, -0.2) is 8.42 Å². The molecule has 0 saturated carbocycles. The standard InChI is InChI=1S/C22H28N2O4S/c1-16-9-7-8-14-24(16)29(26,27)21-15-19(12-13-20(21)28-3)22(25)23-17(2)18-10-5-4-6-11-18/h4-6,10-13,15-17H,7-9,14H2,1-3H3,(H,23,25)/t16-,17+/m1/s1. The molecule has 1 aliphatic heterocycles. The highest BCUT2D eigenvalue weighted by atomic mass is 32.2. The Morgan fingerprint density at radius 2 is 1.90 bits per heavy atom. The summed E-state index contributed by atoms with van der Waals surface area (Å²) < 4.78 is 33.4. The Balaban J connectivity index is 1.89. The molecule has 0 aromatic heterocycles. The van der Waals surface area contributed by atoms with Crippen LogP contribution in [0.3, 0.4) is 0 Å². The molecule has 156 valence electrons. The Kier molecular flexibility index (Phi) is 6.59. The third kappa shape index (κ3) is 4.62. The molecule has 0 aliphatic carbocycles. The van der Waals surface area contributed by atoms with Gasteiger partial charge in [-0.15, -0.1) is 0 Å². The SMILES string of the molecule is COc1ccc(C(=O)N[C@@H](C)c2ccccc2)cc1S(=O)(=O)N1CCCC[C@H]1C. The summed E-state index contributed by atoms with van der Waals surface area (Å²) in [6.07, 6.45) is 2.68. The lowest BCUT2D eigenvalue weighted by molar-refractivity contribution is 0.0939. The molecule has 2 aromatic carbocycles. The second kappa shape index (κ2) is 8.97. The fraction of sp³-hybridized carbons (Fsp3) is 0.409. The molecular weight excluding hydrogens is 388 g/mol. The van der Waals surface area contributed by atoms with E-state index < -0.39 is 10.0 Å². The van der Waals surface area contributed by atoms with Gasteiger partial charge in [0.05, 0.1) is 13.2 Å². The Morgan fingerprint density at radius 3 is 2.55 bits per heavy atom. The number of ether oxygens (including phenoxy) is 1. The lowest BCUT2D eigenvalue weighted by atomic mass is 10.1. The molecule has 0 radical (unpaired) electrons. The first-order valence-corrected chi connectivity index (χ1v) is 11.3. The molecule has 0 unspecified atom stereocenters. The van der Waals surface area contributed by atoms with Gasteiger partial charge in [0.25, 0.3) is 5.91 Å². The second-order valence-electron chi connectivity index (χ2n) is 7.43. The van der Waals surface area contributed by atoms with Crippen molar-refractivity contribution in [1.29, 1.82) is 0 Å². The van der Waals surface area contributed by atoms with Gasteiger partial charge in [0.2, 0.25) is 10.0 Å². The van der Waals surface area contributed by atoms with E-state index in [0.29, 0.717) is 6.54 Å². The number of amides is 1. The average Bonchev–Trinajstić information content (AvgIpc) is 2.74. The van der Waals surface area contributed by atoms with Crippen molar-refractivity contribution < 1.29 is 17.9 Å². The second-order valence-corrected chi connectivity index (χ2v) is 9.29. The van der Waals surface area contributed by atoms with Crippen molar-refractivity contribution in [2.24, 2.45) is 0 Å². The zero-order chi connectivity index (χ0) is 21.0. The molecule has 1 saturated heterocycles. The van der Waals surface area contributed by atoms with E-state index in [1.165, 1.54) is 17.5 Å². The van der Waals surface area contributed by atoms with Gasteiger partial charge in [-0.05, 0) is 50.5 Å². The van der Waals surface area contributed by atoms with Crippen LogP contribution in [-0.4, -0.2) is 38.3 Å². The number of sulfonamides is 1. The summed E-state index contributed by atoms with van der Waals surface area (Å²) in [5.41, 5.74) is 1.26. The Morgan fingerprint density at radius 1 is 1.17 bits per heavy atom. The molecule has 29 heavy (non-hydrogen) atoms. The number of carbonyl (C=O) groups is 1. The number of hydrogen-bond donors (Lipinski definition) is 1. The largest absolute Gasteiger partial charge is 0.495 e. The lowest BCUT2D eigenvalue weighted by Gasteiger charge is -2.32. The molecular formula is C22H28N2O4S. The van der Waals surface area contributed by atoms with Crippen LogP contribution in [0.2, 0.25) is 0 Å². The summed E-state index contributed by atoms with van der Waals surface area (Å²) in [6, 6.07) is 13.9. The van der Waals surface area contributed by atoms with Crippen molar-refractivity contribution in [2.45, 2.75) is 50.1 Å². The number of carbonyl (C=O) groups excluding carboxylic acids is 1. The van der Waals surface area contributed by atoms with E-state index in [0.717, 1.165) is 24.8 Å². The number of methoxy groups -OCH3 is 1. The summed E-state index contributed by atoms with van der Waals surface area (Å²) in [4.78, 5) is 12.8. The van der Waals surface area contributed by atoms with Crippen LogP contribution in [0.1, 0.15) is 55.1 Å². The quantitative estimate of drug-likeness (QED) is 0.778. The number of rotatable bonds is 6. The van der Waals surface area contributed by atoms with Crippen molar-refractivity contribution in [3.05, 3.63) is 59.7 Å². The summed E-state index contributed by atoms with van der Waals surface area (Å²) in [5, 5.41) is 2.93. The van der Waals surface area contributed by atoms with E-state index in [1.807, 2.05) is 44.2 Å². The van der Waals surface area contributed by atoms with E-state index >= 15 is 0 Å². The highest BCUT2D eigenvalue weighted by Crippen LogP contribution is 2.31. The van der Waals surface area contributed by atoms with Gasteiger partial charge < -0.3 is 10.1 Å².